The van der Waals surface area contributed by atoms with E-state index in [9.17, 15) is 19.8 Å². The zero-order valence-electron chi connectivity index (χ0n) is 14.9. The summed E-state index contributed by atoms with van der Waals surface area (Å²) in [5, 5.41) is 35.4. The molecule has 0 bridgehead atoms. The van der Waals surface area contributed by atoms with Gasteiger partial charge in [0.05, 0.1) is 29.8 Å². The van der Waals surface area contributed by atoms with E-state index in [0.29, 0.717) is 21.8 Å². The summed E-state index contributed by atoms with van der Waals surface area (Å²) in [5.41, 5.74) is 1.36. The molecule has 3 N–H and O–H groups in total. The molecule has 1 aromatic heterocycles. The number of nitrogens with one attached hydrogen (secondary N) is 1. The topological polar surface area (TPSA) is 128 Å². The number of amides is 1. The first-order chi connectivity index (χ1) is 13.9. The number of nitrogens with zero attached hydrogens (tertiary/aromatic N) is 3. The third-order valence-corrected chi connectivity index (χ3v) is 4.37. The molecule has 0 fully saturated rings. The lowest BCUT2D eigenvalue weighted by molar-refractivity contribution is -0.137. The van der Waals surface area contributed by atoms with E-state index in [1.807, 2.05) is 6.07 Å². The molecular formula is C20H15ClN4O4. The third kappa shape index (κ3) is 4.72. The van der Waals surface area contributed by atoms with Crippen molar-refractivity contribution in [3.8, 4) is 17.6 Å². The van der Waals surface area contributed by atoms with Gasteiger partial charge in [0, 0.05) is 11.1 Å². The number of rotatable bonds is 6. The van der Waals surface area contributed by atoms with Crippen LogP contribution in [0.5, 0.6) is 5.88 Å². The predicted octanol–water partition coefficient (Wildman–Crippen LogP) is 3.05. The summed E-state index contributed by atoms with van der Waals surface area (Å²) >= 11 is 5.85. The Hall–Kier alpha value is -3.83. The number of hydrogen-bond acceptors (Lipinski definition) is 5. The summed E-state index contributed by atoms with van der Waals surface area (Å²) in [6.07, 6.45) is -0.360. The Morgan fingerprint density at radius 2 is 1.83 bits per heavy atom. The largest absolute Gasteiger partial charge is 0.493 e. The second-order valence-corrected chi connectivity index (χ2v) is 6.57. The van der Waals surface area contributed by atoms with Gasteiger partial charge < -0.3 is 15.5 Å². The number of carboxylic acid groups (broad SMARTS) is 1. The number of aliphatic carboxylic acids is 1. The molecule has 0 aliphatic carbocycles. The van der Waals surface area contributed by atoms with E-state index in [1.54, 1.807) is 36.4 Å². The molecule has 3 rings (SSSR count). The summed E-state index contributed by atoms with van der Waals surface area (Å²) in [5.74, 6) is -2.01. The maximum atomic E-state index is 12.6. The van der Waals surface area contributed by atoms with Crippen LogP contribution in [0.2, 0.25) is 5.02 Å². The van der Waals surface area contributed by atoms with Crippen molar-refractivity contribution in [3.63, 3.8) is 0 Å². The number of carbonyl (C=O) groups excluding carboxylic acids is 1. The SMILES string of the molecule is N#Cc1ccc([C@H](CC(=O)O)NC(=O)c2cc(O)n(-c3ccc(Cl)cc3)n2)cc1. The molecule has 0 saturated heterocycles. The zero-order valence-corrected chi connectivity index (χ0v) is 15.7. The number of nitriles is 1. The monoisotopic (exact) mass is 410 g/mol. The van der Waals surface area contributed by atoms with Crippen molar-refractivity contribution < 1.29 is 19.8 Å². The molecule has 1 atom stereocenters. The van der Waals surface area contributed by atoms with Gasteiger partial charge in [0.2, 0.25) is 5.88 Å². The first-order valence-corrected chi connectivity index (χ1v) is 8.83. The number of carboxylic acids is 1. The minimum Gasteiger partial charge on any atom is -0.493 e. The lowest BCUT2D eigenvalue weighted by Crippen LogP contribution is -2.30. The van der Waals surface area contributed by atoms with Gasteiger partial charge >= 0.3 is 5.97 Å². The fraction of sp³-hybridized carbons (Fsp3) is 0.100. The fourth-order valence-corrected chi connectivity index (χ4v) is 2.83. The van der Waals surface area contributed by atoms with Crippen molar-refractivity contribution in [1.29, 1.82) is 5.26 Å². The molecule has 9 heteroatoms. The van der Waals surface area contributed by atoms with E-state index >= 15 is 0 Å². The second-order valence-electron chi connectivity index (χ2n) is 6.13. The molecule has 146 valence electrons. The smallest absolute Gasteiger partial charge is 0.305 e. The fourth-order valence-electron chi connectivity index (χ4n) is 2.70. The molecule has 2 aromatic carbocycles. The van der Waals surface area contributed by atoms with Gasteiger partial charge in [-0.25, -0.2) is 4.68 Å². The number of aromatic hydroxyl groups is 1. The highest BCUT2D eigenvalue weighted by atomic mass is 35.5. The minimum absolute atomic E-state index is 0.0820. The molecule has 1 heterocycles. The molecule has 0 radical (unpaired) electrons. The van der Waals surface area contributed by atoms with E-state index in [0.717, 1.165) is 0 Å². The number of hydrogen-bond donors (Lipinski definition) is 3. The van der Waals surface area contributed by atoms with Gasteiger partial charge in [0.1, 0.15) is 0 Å². The van der Waals surface area contributed by atoms with E-state index in [4.69, 9.17) is 16.9 Å². The van der Waals surface area contributed by atoms with Crippen LogP contribution in [0.3, 0.4) is 0 Å². The van der Waals surface area contributed by atoms with Crippen LogP contribution in [0.15, 0.2) is 54.6 Å². The average molecular weight is 411 g/mol. The van der Waals surface area contributed by atoms with Crippen LogP contribution in [0, 0.1) is 11.3 Å². The Labute approximate surface area is 170 Å². The summed E-state index contributed by atoms with van der Waals surface area (Å²) in [7, 11) is 0. The van der Waals surface area contributed by atoms with Crippen LogP contribution < -0.4 is 5.32 Å². The van der Waals surface area contributed by atoms with Crippen molar-refractivity contribution in [3.05, 3.63) is 76.4 Å². The summed E-state index contributed by atoms with van der Waals surface area (Å²) in [6.45, 7) is 0. The van der Waals surface area contributed by atoms with Crippen LogP contribution in [0.4, 0.5) is 0 Å². The number of halogens is 1. The molecule has 3 aromatic rings. The second kappa shape index (κ2) is 8.46. The maximum Gasteiger partial charge on any atom is 0.305 e. The number of aromatic nitrogens is 2. The van der Waals surface area contributed by atoms with Gasteiger partial charge in [0.15, 0.2) is 5.69 Å². The Morgan fingerprint density at radius 1 is 1.17 bits per heavy atom. The van der Waals surface area contributed by atoms with Gasteiger partial charge in [-0.1, -0.05) is 23.7 Å². The molecule has 8 nitrogen and oxygen atoms in total. The first-order valence-electron chi connectivity index (χ1n) is 8.45. The average Bonchev–Trinajstić information content (AvgIpc) is 3.09. The number of benzene rings is 2. The first kappa shape index (κ1) is 19.9. The highest BCUT2D eigenvalue weighted by Crippen LogP contribution is 2.22. The van der Waals surface area contributed by atoms with Gasteiger partial charge in [-0.2, -0.15) is 10.4 Å². The van der Waals surface area contributed by atoms with Crippen LogP contribution in [0.25, 0.3) is 5.69 Å². The Balaban J connectivity index is 1.84. The van der Waals surface area contributed by atoms with E-state index in [1.165, 1.54) is 22.9 Å². The van der Waals surface area contributed by atoms with Gasteiger partial charge in [-0.05, 0) is 42.0 Å². The number of carbonyl (C=O) groups is 2. The van der Waals surface area contributed by atoms with Crippen LogP contribution in [-0.4, -0.2) is 31.9 Å². The molecule has 1 amide bonds. The Morgan fingerprint density at radius 3 is 2.41 bits per heavy atom. The van der Waals surface area contributed by atoms with E-state index in [-0.39, 0.29) is 18.0 Å². The molecule has 0 aliphatic heterocycles. The molecular weight excluding hydrogens is 396 g/mol. The highest BCUT2D eigenvalue weighted by Gasteiger charge is 2.22. The summed E-state index contributed by atoms with van der Waals surface area (Å²) in [6, 6.07) is 15.0. The summed E-state index contributed by atoms with van der Waals surface area (Å²) in [4.78, 5) is 23.8. The Kier molecular flexibility index (Phi) is 5.81. The highest BCUT2D eigenvalue weighted by molar-refractivity contribution is 6.30. The normalized spacial score (nSPS) is 11.4. The quantitative estimate of drug-likeness (QED) is 0.573. The predicted molar refractivity (Wildman–Crippen MR) is 104 cm³/mol. The van der Waals surface area contributed by atoms with E-state index < -0.39 is 17.9 Å². The molecule has 0 unspecified atom stereocenters. The summed E-state index contributed by atoms with van der Waals surface area (Å²) < 4.78 is 1.17. The maximum absolute atomic E-state index is 12.6. The molecule has 0 aliphatic rings. The van der Waals surface area contributed by atoms with Gasteiger partial charge in [0.25, 0.3) is 5.91 Å². The molecule has 29 heavy (non-hydrogen) atoms. The van der Waals surface area contributed by atoms with Crippen molar-refractivity contribution in [2.24, 2.45) is 0 Å². The molecule has 0 saturated carbocycles. The van der Waals surface area contributed by atoms with Crippen molar-refractivity contribution in [2.45, 2.75) is 12.5 Å². The van der Waals surface area contributed by atoms with Gasteiger partial charge in [-0.15, -0.1) is 0 Å². The van der Waals surface area contributed by atoms with Crippen LogP contribution >= 0.6 is 11.6 Å². The Bertz CT molecular complexity index is 1090. The van der Waals surface area contributed by atoms with Crippen LogP contribution in [0.1, 0.15) is 34.1 Å². The van der Waals surface area contributed by atoms with Crippen LogP contribution in [-0.2, 0) is 4.79 Å². The third-order valence-electron chi connectivity index (χ3n) is 4.12. The standard InChI is InChI=1S/C20H15ClN4O4/c21-14-5-7-15(8-6-14)25-18(26)9-17(24-25)20(29)23-16(10-19(27)28)13-3-1-12(11-22)2-4-13/h1-9,16,26H,10H2,(H,23,29)(H,27,28)/t16-/m0/s1. The van der Waals surface area contributed by atoms with E-state index in [2.05, 4.69) is 10.4 Å². The van der Waals surface area contributed by atoms with Crippen molar-refractivity contribution in [1.82, 2.24) is 15.1 Å². The minimum atomic E-state index is -1.10. The zero-order chi connectivity index (χ0) is 21.0. The lowest BCUT2D eigenvalue weighted by Gasteiger charge is -2.16. The molecule has 0 spiro atoms. The van der Waals surface area contributed by atoms with Crippen molar-refractivity contribution in [2.75, 3.05) is 0 Å². The van der Waals surface area contributed by atoms with Crippen molar-refractivity contribution >= 4 is 23.5 Å². The lowest BCUT2D eigenvalue weighted by atomic mass is 10.0. The van der Waals surface area contributed by atoms with Gasteiger partial charge in [-0.3, -0.25) is 9.59 Å².